The third-order valence-electron chi connectivity index (χ3n) is 2.43. The van der Waals surface area contributed by atoms with E-state index in [0.29, 0.717) is 11.5 Å². The van der Waals surface area contributed by atoms with Crippen LogP contribution in [0.15, 0.2) is 54.6 Å². The van der Waals surface area contributed by atoms with Crippen LogP contribution >= 0.6 is 34.8 Å². The van der Waals surface area contributed by atoms with Gasteiger partial charge in [-0.15, -0.1) is 0 Å². The van der Waals surface area contributed by atoms with E-state index in [-0.39, 0.29) is 5.69 Å². The van der Waals surface area contributed by atoms with Gasteiger partial charge >= 0.3 is 10.3 Å². The Morgan fingerprint density at radius 3 is 2.26 bits per heavy atom. The summed E-state index contributed by atoms with van der Waals surface area (Å²) in [6.45, 7) is -0.604. The van der Waals surface area contributed by atoms with Crippen molar-refractivity contribution in [2.24, 2.45) is 0 Å². The Bertz CT molecular complexity index is 748. The minimum atomic E-state index is -4.12. The van der Waals surface area contributed by atoms with Crippen molar-refractivity contribution in [3.63, 3.8) is 0 Å². The average Bonchev–Trinajstić information content (AvgIpc) is 2.46. The molecule has 2 aromatic rings. The lowest BCUT2D eigenvalue weighted by Crippen LogP contribution is -2.22. The van der Waals surface area contributed by atoms with Crippen LogP contribution < -0.4 is 9.46 Å². The molecule has 0 fully saturated rings. The number of hydrogen-bond donors (Lipinski definition) is 1. The predicted molar refractivity (Wildman–Crippen MR) is 91.7 cm³/mol. The van der Waals surface area contributed by atoms with Gasteiger partial charge in [-0.25, -0.2) is 4.18 Å². The Hall–Kier alpha value is -1.18. The van der Waals surface area contributed by atoms with Crippen molar-refractivity contribution in [2.75, 3.05) is 11.3 Å². The van der Waals surface area contributed by atoms with Gasteiger partial charge < -0.3 is 4.74 Å². The predicted octanol–water partition coefficient (Wildman–Crippen LogP) is 4.52. The molecule has 0 aliphatic carbocycles. The molecule has 124 valence electrons. The summed E-state index contributed by atoms with van der Waals surface area (Å²) in [7, 11) is -4.12. The van der Waals surface area contributed by atoms with E-state index in [9.17, 15) is 8.42 Å². The SMILES string of the molecule is O=S(=O)(Nc1cccc(Oc2ccccc2)c1)OCC(Cl)(Cl)Cl. The highest BCUT2D eigenvalue weighted by atomic mass is 35.6. The van der Waals surface area contributed by atoms with Crippen LogP contribution in [0.5, 0.6) is 11.5 Å². The van der Waals surface area contributed by atoms with Crippen molar-refractivity contribution in [1.82, 2.24) is 0 Å². The molecule has 0 aliphatic rings. The summed E-state index contributed by atoms with van der Waals surface area (Å²) in [5, 5.41) is 0. The second-order valence-corrected chi connectivity index (χ2v) is 8.24. The van der Waals surface area contributed by atoms with Crippen molar-refractivity contribution < 1.29 is 17.3 Å². The van der Waals surface area contributed by atoms with Gasteiger partial charge in [0.05, 0.1) is 5.69 Å². The lowest BCUT2D eigenvalue weighted by Gasteiger charge is -2.13. The van der Waals surface area contributed by atoms with Gasteiger partial charge in [-0.2, -0.15) is 8.42 Å². The number of benzene rings is 2. The van der Waals surface area contributed by atoms with Gasteiger partial charge in [-0.1, -0.05) is 59.1 Å². The molecular formula is C14H12Cl3NO4S. The fourth-order valence-corrected chi connectivity index (χ4v) is 2.73. The van der Waals surface area contributed by atoms with Gasteiger partial charge in [0.15, 0.2) is 0 Å². The summed E-state index contributed by atoms with van der Waals surface area (Å²) < 4.78 is 34.1. The zero-order valence-electron chi connectivity index (χ0n) is 11.6. The van der Waals surface area contributed by atoms with Gasteiger partial charge in [0.1, 0.15) is 18.1 Å². The Balaban J connectivity index is 2.05. The largest absolute Gasteiger partial charge is 0.457 e. The smallest absolute Gasteiger partial charge is 0.360 e. The standard InChI is InChI=1S/C14H12Cl3NO4S/c15-14(16,17)10-21-23(19,20)18-11-5-4-8-13(9-11)22-12-6-2-1-3-7-12/h1-9,18H,10H2. The molecule has 9 heteroatoms. The number of halogens is 3. The van der Waals surface area contributed by atoms with Crippen LogP contribution in [0.2, 0.25) is 0 Å². The molecular weight excluding hydrogens is 385 g/mol. The molecule has 23 heavy (non-hydrogen) atoms. The highest BCUT2D eigenvalue weighted by molar-refractivity contribution is 7.88. The van der Waals surface area contributed by atoms with Crippen molar-refractivity contribution in [3.05, 3.63) is 54.6 Å². The molecule has 0 spiro atoms. The molecule has 0 atom stereocenters. The Kier molecular flexibility index (Phi) is 6.00. The molecule has 0 heterocycles. The van der Waals surface area contributed by atoms with Gasteiger partial charge in [-0.3, -0.25) is 4.72 Å². The maximum atomic E-state index is 11.8. The first-order chi connectivity index (χ1) is 10.7. The molecule has 0 radical (unpaired) electrons. The lowest BCUT2D eigenvalue weighted by molar-refractivity contribution is 0.329. The molecule has 0 unspecified atom stereocenters. The minimum absolute atomic E-state index is 0.253. The number of rotatable bonds is 6. The summed E-state index contributed by atoms with van der Waals surface area (Å²) in [6, 6.07) is 15.4. The fraction of sp³-hybridized carbons (Fsp3) is 0.143. The van der Waals surface area contributed by atoms with Crippen LogP contribution in [-0.2, 0) is 14.5 Å². The van der Waals surface area contributed by atoms with Crippen LogP contribution in [-0.4, -0.2) is 18.8 Å². The highest BCUT2D eigenvalue weighted by Gasteiger charge is 2.24. The number of hydrogen-bond acceptors (Lipinski definition) is 4. The third-order valence-corrected chi connectivity index (χ3v) is 3.67. The summed E-state index contributed by atoms with van der Waals surface area (Å²) in [6.07, 6.45) is 0. The summed E-state index contributed by atoms with van der Waals surface area (Å²) in [5.41, 5.74) is 0.253. The Morgan fingerprint density at radius 1 is 0.957 bits per heavy atom. The van der Waals surface area contributed by atoms with E-state index >= 15 is 0 Å². The van der Waals surface area contributed by atoms with Gasteiger partial charge in [-0.05, 0) is 24.3 Å². The maximum absolute atomic E-state index is 11.8. The van der Waals surface area contributed by atoms with Crippen LogP contribution in [0.25, 0.3) is 0 Å². The van der Waals surface area contributed by atoms with Crippen LogP contribution in [0, 0.1) is 0 Å². The molecule has 2 aromatic carbocycles. The van der Waals surface area contributed by atoms with E-state index in [1.807, 2.05) is 18.2 Å². The average molecular weight is 397 g/mol. The Morgan fingerprint density at radius 2 is 1.61 bits per heavy atom. The molecule has 0 amide bonds. The summed E-state index contributed by atoms with van der Waals surface area (Å²) in [5.74, 6) is 1.08. The monoisotopic (exact) mass is 395 g/mol. The minimum Gasteiger partial charge on any atom is -0.457 e. The van der Waals surface area contributed by atoms with Crippen molar-refractivity contribution in [3.8, 4) is 11.5 Å². The molecule has 0 aromatic heterocycles. The number of anilines is 1. The zero-order chi connectivity index (χ0) is 16.9. The maximum Gasteiger partial charge on any atom is 0.360 e. The van der Waals surface area contributed by atoms with Crippen molar-refractivity contribution in [1.29, 1.82) is 0 Å². The topological polar surface area (TPSA) is 64.6 Å². The van der Waals surface area contributed by atoms with E-state index in [1.165, 1.54) is 12.1 Å². The normalized spacial score (nSPS) is 12.0. The number of ether oxygens (including phenoxy) is 1. The van der Waals surface area contributed by atoms with E-state index in [0.717, 1.165) is 0 Å². The first kappa shape index (κ1) is 18.2. The van der Waals surface area contributed by atoms with Crippen molar-refractivity contribution >= 4 is 50.8 Å². The van der Waals surface area contributed by atoms with Crippen LogP contribution in [0.1, 0.15) is 0 Å². The molecule has 0 bridgehead atoms. The van der Waals surface area contributed by atoms with E-state index in [2.05, 4.69) is 8.91 Å². The third kappa shape index (κ3) is 6.85. The quantitative estimate of drug-likeness (QED) is 0.729. The number of nitrogens with one attached hydrogen (secondary N) is 1. The van der Waals surface area contributed by atoms with Crippen LogP contribution in [0.3, 0.4) is 0 Å². The van der Waals surface area contributed by atoms with Crippen LogP contribution in [0.4, 0.5) is 5.69 Å². The first-order valence-corrected chi connectivity index (χ1v) is 8.85. The fourth-order valence-electron chi connectivity index (χ4n) is 1.57. The molecule has 0 saturated carbocycles. The number of para-hydroxylation sites is 1. The summed E-state index contributed by atoms with van der Waals surface area (Å²) in [4.78, 5) is 0. The lowest BCUT2D eigenvalue weighted by atomic mass is 10.3. The highest BCUT2D eigenvalue weighted by Crippen LogP contribution is 2.27. The molecule has 0 saturated heterocycles. The second kappa shape index (κ2) is 7.59. The zero-order valence-corrected chi connectivity index (χ0v) is 14.7. The molecule has 5 nitrogen and oxygen atoms in total. The van der Waals surface area contributed by atoms with Crippen molar-refractivity contribution in [2.45, 2.75) is 3.79 Å². The molecule has 1 N–H and O–H groups in total. The van der Waals surface area contributed by atoms with Gasteiger partial charge in [0, 0.05) is 6.07 Å². The van der Waals surface area contributed by atoms with Gasteiger partial charge in [0.25, 0.3) is 0 Å². The van der Waals surface area contributed by atoms with E-state index in [4.69, 9.17) is 39.5 Å². The van der Waals surface area contributed by atoms with E-state index < -0.39 is 20.7 Å². The first-order valence-electron chi connectivity index (χ1n) is 6.30. The molecule has 0 aliphatic heterocycles. The molecule has 2 rings (SSSR count). The Labute approximate surface area is 149 Å². The van der Waals surface area contributed by atoms with E-state index in [1.54, 1.807) is 24.3 Å². The van der Waals surface area contributed by atoms with Gasteiger partial charge in [0.2, 0.25) is 3.79 Å². The second-order valence-electron chi connectivity index (χ2n) is 4.38. The number of alkyl halides is 3. The summed E-state index contributed by atoms with van der Waals surface area (Å²) >= 11 is 16.4.